The van der Waals surface area contributed by atoms with Crippen LogP contribution in [-0.2, 0) is 14.3 Å². The van der Waals surface area contributed by atoms with Crippen molar-refractivity contribution in [3.05, 3.63) is 11.6 Å². The summed E-state index contributed by atoms with van der Waals surface area (Å²) in [7, 11) is 0. The molecule has 0 aromatic heterocycles. The van der Waals surface area contributed by atoms with Crippen LogP contribution < -0.4 is 0 Å². The van der Waals surface area contributed by atoms with Crippen LogP contribution in [0.3, 0.4) is 0 Å². The van der Waals surface area contributed by atoms with E-state index in [9.17, 15) is 9.59 Å². The molecule has 3 heteroatoms. The highest BCUT2D eigenvalue weighted by molar-refractivity contribution is 6.34. The normalized spacial score (nSPS) is 13.0. The highest BCUT2D eigenvalue weighted by Crippen LogP contribution is 2.18. The molecule has 0 spiro atoms. The van der Waals surface area contributed by atoms with Crippen LogP contribution in [0.15, 0.2) is 11.6 Å². The lowest BCUT2D eigenvalue weighted by atomic mass is 9.93. The third kappa shape index (κ3) is 16.7. The molecule has 0 saturated carbocycles. The first-order valence-electron chi connectivity index (χ1n) is 12.8. The monoisotopic (exact) mass is 422 g/mol. The molecule has 0 radical (unpaired) electrons. The van der Waals surface area contributed by atoms with Crippen molar-refractivity contribution in [1.29, 1.82) is 0 Å². The summed E-state index contributed by atoms with van der Waals surface area (Å²) in [6.07, 6.45) is 19.6. The minimum atomic E-state index is -0.620. The summed E-state index contributed by atoms with van der Waals surface area (Å²) in [4.78, 5) is 24.5. The number of unbranched alkanes of at least 4 members (excludes halogenated alkanes) is 9. The lowest BCUT2D eigenvalue weighted by Crippen LogP contribution is -2.26. The SMILES string of the molecule is CCCCCCCCCCCCC(CC)C(=O)C(=O)OCCC(C)CCC=C(C)C. The molecular formula is C27H50O3. The minimum Gasteiger partial charge on any atom is -0.460 e. The third-order valence-electron chi connectivity index (χ3n) is 6.03. The van der Waals surface area contributed by atoms with Gasteiger partial charge in [0.15, 0.2) is 0 Å². The second-order valence-electron chi connectivity index (χ2n) is 9.33. The fourth-order valence-corrected chi connectivity index (χ4v) is 3.79. The van der Waals surface area contributed by atoms with Crippen molar-refractivity contribution in [3.8, 4) is 0 Å². The van der Waals surface area contributed by atoms with Crippen LogP contribution in [0, 0.1) is 11.8 Å². The molecule has 176 valence electrons. The van der Waals surface area contributed by atoms with Gasteiger partial charge in [-0.15, -0.1) is 0 Å². The molecule has 2 unspecified atom stereocenters. The molecule has 0 aliphatic rings. The molecular weight excluding hydrogens is 372 g/mol. The molecule has 2 atom stereocenters. The lowest BCUT2D eigenvalue weighted by molar-refractivity contribution is -0.156. The van der Waals surface area contributed by atoms with Crippen LogP contribution in [0.5, 0.6) is 0 Å². The van der Waals surface area contributed by atoms with E-state index < -0.39 is 5.97 Å². The van der Waals surface area contributed by atoms with Gasteiger partial charge in [-0.3, -0.25) is 4.79 Å². The van der Waals surface area contributed by atoms with Crippen LogP contribution >= 0.6 is 0 Å². The molecule has 0 N–H and O–H groups in total. The summed E-state index contributed by atoms with van der Waals surface area (Å²) < 4.78 is 5.28. The average molecular weight is 423 g/mol. The number of ether oxygens (including phenoxy) is 1. The van der Waals surface area contributed by atoms with Gasteiger partial charge in [-0.2, -0.15) is 0 Å². The Morgan fingerprint density at radius 3 is 1.90 bits per heavy atom. The predicted molar refractivity (Wildman–Crippen MR) is 129 cm³/mol. The van der Waals surface area contributed by atoms with Crippen molar-refractivity contribution in [2.45, 2.75) is 131 Å². The quantitative estimate of drug-likeness (QED) is 0.0859. The molecule has 0 aliphatic carbocycles. The van der Waals surface area contributed by atoms with Crippen LogP contribution in [0.1, 0.15) is 131 Å². The second kappa shape index (κ2) is 19.8. The zero-order valence-corrected chi connectivity index (χ0v) is 20.8. The average Bonchev–Trinajstić information content (AvgIpc) is 2.71. The third-order valence-corrected chi connectivity index (χ3v) is 6.03. The van der Waals surface area contributed by atoms with Gasteiger partial charge in [-0.1, -0.05) is 96.6 Å². The number of rotatable bonds is 20. The van der Waals surface area contributed by atoms with Gasteiger partial charge in [0.2, 0.25) is 5.78 Å². The van der Waals surface area contributed by atoms with Gasteiger partial charge >= 0.3 is 5.97 Å². The van der Waals surface area contributed by atoms with E-state index in [1.807, 2.05) is 6.92 Å². The van der Waals surface area contributed by atoms with Crippen molar-refractivity contribution >= 4 is 11.8 Å². The van der Waals surface area contributed by atoms with E-state index in [4.69, 9.17) is 4.74 Å². The Balaban J connectivity index is 3.86. The smallest absolute Gasteiger partial charge is 0.374 e. The number of ketones is 1. The molecule has 0 amide bonds. The van der Waals surface area contributed by atoms with Crippen molar-refractivity contribution in [3.63, 3.8) is 0 Å². The van der Waals surface area contributed by atoms with Gasteiger partial charge in [0, 0.05) is 5.92 Å². The Morgan fingerprint density at radius 2 is 1.37 bits per heavy atom. The number of hydrogen-bond acceptors (Lipinski definition) is 3. The fourth-order valence-electron chi connectivity index (χ4n) is 3.79. The zero-order chi connectivity index (χ0) is 22.6. The summed E-state index contributed by atoms with van der Waals surface area (Å²) >= 11 is 0. The first-order valence-corrected chi connectivity index (χ1v) is 12.8. The maximum absolute atomic E-state index is 12.4. The van der Waals surface area contributed by atoms with Crippen molar-refractivity contribution < 1.29 is 14.3 Å². The van der Waals surface area contributed by atoms with E-state index >= 15 is 0 Å². The molecule has 30 heavy (non-hydrogen) atoms. The maximum atomic E-state index is 12.4. The minimum absolute atomic E-state index is 0.165. The number of esters is 1. The predicted octanol–water partition coefficient (Wildman–Crippen LogP) is 8.21. The molecule has 3 nitrogen and oxygen atoms in total. The highest BCUT2D eigenvalue weighted by atomic mass is 16.5. The highest BCUT2D eigenvalue weighted by Gasteiger charge is 2.24. The summed E-state index contributed by atoms with van der Waals surface area (Å²) in [5.41, 5.74) is 1.34. The van der Waals surface area contributed by atoms with Crippen molar-refractivity contribution in [2.75, 3.05) is 6.61 Å². The van der Waals surface area contributed by atoms with Crippen LogP contribution in [-0.4, -0.2) is 18.4 Å². The molecule has 0 bridgehead atoms. The maximum Gasteiger partial charge on any atom is 0.374 e. The van der Waals surface area contributed by atoms with E-state index in [1.165, 1.54) is 56.9 Å². The number of carbonyl (C=O) groups is 2. The Labute approximate surface area is 187 Å². The molecule has 0 saturated heterocycles. The fraction of sp³-hybridized carbons (Fsp3) is 0.852. The molecule has 0 aromatic rings. The first-order chi connectivity index (χ1) is 14.4. The van der Waals surface area contributed by atoms with Gasteiger partial charge in [0.25, 0.3) is 0 Å². The van der Waals surface area contributed by atoms with Crippen LogP contribution in [0.4, 0.5) is 0 Å². The molecule has 0 rings (SSSR count). The second-order valence-corrected chi connectivity index (χ2v) is 9.33. The molecule has 0 aromatic carbocycles. The lowest BCUT2D eigenvalue weighted by Gasteiger charge is -2.14. The van der Waals surface area contributed by atoms with Gasteiger partial charge < -0.3 is 4.74 Å². The largest absolute Gasteiger partial charge is 0.460 e. The Bertz CT molecular complexity index is 463. The van der Waals surface area contributed by atoms with Crippen molar-refractivity contribution in [2.24, 2.45) is 11.8 Å². The summed E-state index contributed by atoms with van der Waals surface area (Å²) in [5, 5.41) is 0. The van der Waals surface area contributed by atoms with E-state index in [-0.39, 0.29) is 11.7 Å². The Morgan fingerprint density at radius 1 is 0.800 bits per heavy atom. The topological polar surface area (TPSA) is 43.4 Å². The number of Topliss-reactive ketones (excluding diaryl/α,β-unsaturated/α-hetero) is 1. The van der Waals surface area contributed by atoms with Gasteiger partial charge in [0.1, 0.15) is 0 Å². The van der Waals surface area contributed by atoms with E-state index in [1.54, 1.807) is 0 Å². The standard InChI is InChI=1S/C27H50O3/c1-6-8-9-10-11-12-13-14-15-16-20-25(7-2)26(28)27(29)30-22-21-24(5)19-17-18-23(3)4/h18,24-25H,6-17,19-22H2,1-5H3. The zero-order valence-electron chi connectivity index (χ0n) is 20.8. The van der Waals surface area contributed by atoms with Crippen molar-refractivity contribution in [1.82, 2.24) is 0 Å². The van der Waals surface area contributed by atoms with Gasteiger partial charge in [-0.25, -0.2) is 4.79 Å². The van der Waals surface area contributed by atoms with E-state index in [0.29, 0.717) is 12.5 Å². The van der Waals surface area contributed by atoms with E-state index in [2.05, 4.69) is 33.8 Å². The van der Waals surface area contributed by atoms with Crippen LogP contribution in [0.2, 0.25) is 0 Å². The molecule has 0 heterocycles. The van der Waals surface area contributed by atoms with Gasteiger partial charge in [0.05, 0.1) is 6.61 Å². The number of allylic oxidation sites excluding steroid dienone is 2. The summed E-state index contributed by atoms with van der Waals surface area (Å²) in [5.74, 6) is -0.602. The van der Waals surface area contributed by atoms with Gasteiger partial charge in [-0.05, 0) is 51.9 Å². The molecule has 0 fully saturated rings. The Hall–Kier alpha value is -1.12. The van der Waals surface area contributed by atoms with Crippen LogP contribution in [0.25, 0.3) is 0 Å². The summed E-state index contributed by atoms with van der Waals surface area (Å²) in [6, 6.07) is 0. The Kier molecular flexibility index (Phi) is 19.1. The number of hydrogen-bond donors (Lipinski definition) is 0. The number of carbonyl (C=O) groups excluding carboxylic acids is 2. The molecule has 0 aliphatic heterocycles. The van der Waals surface area contributed by atoms with E-state index in [0.717, 1.165) is 44.9 Å². The summed E-state index contributed by atoms with van der Waals surface area (Å²) in [6.45, 7) is 11.0. The first kappa shape index (κ1) is 28.9.